The van der Waals surface area contributed by atoms with Gasteiger partial charge in [-0.25, -0.2) is 8.78 Å². The maximum Gasteiger partial charge on any atom is 0.162 e. The monoisotopic (exact) mass is 267 g/mol. The number of hydrogen-bond acceptors (Lipinski definition) is 1. The molecule has 0 amide bonds. The molecule has 3 heteroatoms. The highest BCUT2D eigenvalue weighted by atomic mass is 19.2. The Kier molecular flexibility index (Phi) is 4.92. The van der Waals surface area contributed by atoms with Gasteiger partial charge in [-0.1, -0.05) is 31.9 Å². The number of benzene rings is 1. The average Bonchev–Trinajstić information content (AvgIpc) is 2.40. The second-order valence-corrected chi connectivity index (χ2v) is 5.84. The number of hydrogen-bond donors (Lipinski definition) is 1. The predicted octanol–water partition coefficient (Wildman–Crippen LogP) is 3.92. The Morgan fingerprint density at radius 1 is 1.32 bits per heavy atom. The van der Waals surface area contributed by atoms with Crippen molar-refractivity contribution < 1.29 is 8.78 Å². The minimum Gasteiger partial charge on any atom is -0.316 e. The van der Waals surface area contributed by atoms with Crippen LogP contribution in [-0.4, -0.2) is 13.1 Å². The fourth-order valence-electron chi connectivity index (χ4n) is 3.29. The Bertz CT molecular complexity index is 419. The van der Waals surface area contributed by atoms with Gasteiger partial charge in [0.05, 0.1) is 0 Å². The fourth-order valence-corrected chi connectivity index (χ4v) is 3.29. The molecule has 1 aromatic rings. The number of rotatable bonds is 4. The molecule has 0 aliphatic heterocycles. The number of likely N-dealkylation sites (N-methyl/N-ethyl adjacent to an activating group) is 1. The van der Waals surface area contributed by atoms with Gasteiger partial charge in [-0.3, -0.25) is 0 Å². The Morgan fingerprint density at radius 2 is 2.11 bits per heavy atom. The van der Waals surface area contributed by atoms with Gasteiger partial charge in [0.25, 0.3) is 0 Å². The van der Waals surface area contributed by atoms with Gasteiger partial charge < -0.3 is 5.32 Å². The quantitative estimate of drug-likeness (QED) is 0.871. The minimum atomic E-state index is -0.746. The van der Waals surface area contributed by atoms with E-state index in [1.165, 1.54) is 31.7 Å². The molecule has 19 heavy (non-hydrogen) atoms. The summed E-state index contributed by atoms with van der Waals surface area (Å²) < 4.78 is 27.0. The first-order chi connectivity index (χ1) is 9.11. The molecule has 1 fully saturated rings. The molecule has 106 valence electrons. The predicted molar refractivity (Wildman–Crippen MR) is 74.0 cm³/mol. The third-order valence-electron chi connectivity index (χ3n) is 4.39. The van der Waals surface area contributed by atoms with E-state index in [0.717, 1.165) is 5.92 Å². The lowest BCUT2D eigenvalue weighted by molar-refractivity contribution is 0.226. The maximum atomic E-state index is 13.7. The van der Waals surface area contributed by atoms with E-state index in [9.17, 15) is 8.78 Å². The van der Waals surface area contributed by atoms with Crippen LogP contribution >= 0.6 is 0 Å². The molecule has 0 heterocycles. The molecule has 0 radical (unpaired) electrons. The average molecular weight is 267 g/mol. The molecule has 1 N–H and O–H groups in total. The SMILES string of the molecule is CNC(Cc1cccc(F)c1F)C1CCCC(C)C1. The van der Waals surface area contributed by atoms with Crippen LogP contribution in [0.15, 0.2) is 18.2 Å². The van der Waals surface area contributed by atoms with E-state index in [0.29, 0.717) is 17.9 Å². The first-order valence-corrected chi connectivity index (χ1v) is 7.22. The lowest BCUT2D eigenvalue weighted by Crippen LogP contribution is -2.38. The number of nitrogens with one attached hydrogen (secondary N) is 1. The summed E-state index contributed by atoms with van der Waals surface area (Å²) in [6, 6.07) is 4.69. The Hall–Kier alpha value is -0.960. The van der Waals surface area contributed by atoms with Crippen molar-refractivity contribution in [1.29, 1.82) is 0 Å². The second kappa shape index (κ2) is 6.47. The van der Waals surface area contributed by atoms with E-state index in [2.05, 4.69) is 12.2 Å². The Labute approximate surface area is 114 Å². The highest BCUT2D eigenvalue weighted by molar-refractivity contribution is 5.20. The van der Waals surface area contributed by atoms with Crippen LogP contribution in [-0.2, 0) is 6.42 Å². The van der Waals surface area contributed by atoms with E-state index >= 15 is 0 Å². The van der Waals surface area contributed by atoms with Gasteiger partial charge in [-0.05, 0) is 49.8 Å². The molecule has 0 aromatic heterocycles. The normalized spacial score (nSPS) is 25.3. The van der Waals surface area contributed by atoms with Gasteiger partial charge in [-0.2, -0.15) is 0 Å². The lowest BCUT2D eigenvalue weighted by atomic mass is 9.77. The Morgan fingerprint density at radius 3 is 2.79 bits per heavy atom. The molecular formula is C16H23F2N. The zero-order chi connectivity index (χ0) is 13.8. The van der Waals surface area contributed by atoms with Gasteiger partial charge >= 0.3 is 0 Å². The van der Waals surface area contributed by atoms with Crippen LogP contribution in [0, 0.1) is 23.5 Å². The zero-order valence-corrected chi connectivity index (χ0v) is 11.8. The first-order valence-electron chi connectivity index (χ1n) is 7.22. The summed E-state index contributed by atoms with van der Waals surface area (Å²) in [6.07, 6.45) is 5.48. The second-order valence-electron chi connectivity index (χ2n) is 5.84. The third kappa shape index (κ3) is 3.53. The van der Waals surface area contributed by atoms with Crippen molar-refractivity contribution in [3.8, 4) is 0 Å². The van der Waals surface area contributed by atoms with Crippen LogP contribution in [0.4, 0.5) is 8.78 Å². The molecule has 0 spiro atoms. The molecule has 1 nitrogen and oxygen atoms in total. The summed E-state index contributed by atoms with van der Waals surface area (Å²) in [6.45, 7) is 2.28. The van der Waals surface area contributed by atoms with E-state index in [1.54, 1.807) is 12.1 Å². The standard InChI is InChI=1S/C16H23F2N/c1-11-5-3-6-12(9-11)15(19-2)10-13-7-4-8-14(17)16(13)18/h4,7-8,11-12,15,19H,3,5-6,9-10H2,1-2H3. The van der Waals surface area contributed by atoms with Crippen molar-refractivity contribution in [2.45, 2.75) is 45.1 Å². The van der Waals surface area contributed by atoms with Crippen LogP contribution in [0.25, 0.3) is 0 Å². The largest absolute Gasteiger partial charge is 0.316 e. The Balaban J connectivity index is 2.08. The van der Waals surface area contributed by atoms with Crippen LogP contribution in [0.3, 0.4) is 0 Å². The molecule has 1 aliphatic carbocycles. The smallest absolute Gasteiger partial charge is 0.162 e. The fraction of sp³-hybridized carbons (Fsp3) is 0.625. The van der Waals surface area contributed by atoms with E-state index < -0.39 is 11.6 Å². The van der Waals surface area contributed by atoms with E-state index in [4.69, 9.17) is 0 Å². The zero-order valence-electron chi connectivity index (χ0n) is 11.8. The summed E-state index contributed by atoms with van der Waals surface area (Å²) in [5.74, 6) is -0.126. The summed E-state index contributed by atoms with van der Waals surface area (Å²) >= 11 is 0. The molecular weight excluding hydrogens is 244 g/mol. The minimum absolute atomic E-state index is 0.235. The lowest BCUT2D eigenvalue weighted by Gasteiger charge is -2.33. The van der Waals surface area contributed by atoms with Crippen molar-refractivity contribution in [1.82, 2.24) is 5.32 Å². The van der Waals surface area contributed by atoms with Crippen LogP contribution < -0.4 is 5.32 Å². The molecule has 2 rings (SSSR count). The molecule has 0 saturated heterocycles. The highest BCUT2D eigenvalue weighted by Crippen LogP contribution is 2.32. The van der Waals surface area contributed by atoms with Crippen molar-refractivity contribution in [2.24, 2.45) is 11.8 Å². The van der Waals surface area contributed by atoms with Gasteiger partial charge in [0.1, 0.15) is 0 Å². The summed E-state index contributed by atoms with van der Waals surface area (Å²) in [5, 5.41) is 3.30. The van der Waals surface area contributed by atoms with Gasteiger partial charge in [0, 0.05) is 6.04 Å². The summed E-state index contributed by atoms with van der Waals surface area (Å²) in [4.78, 5) is 0. The van der Waals surface area contributed by atoms with Crippen LogP contribution in [0.5, 0.6) is 0 Å². The van der Waals surface area contributed by atoms with E-state index in [1.807, 2.05) is 7.05 Å². The summed E-state index contributed by atoms with van der Waals surface area (Å²) in [5.41, 5.74) is 0.484. The highest BCUT2D eigenvalue weighted by Gasteiger charge is 2.26. The van der Waals surface area contributed by atoms with Gasteiger partial charge in [-0.15, -0.1) is 0 Å². The molecule has 3 atom stereocenters. The van der Waals surface area contributed by atoms with Crippen LogP contribution in [0.1, 0.15) is 38.2 Å². The van der Waals surface area contributed by atoms with E-state index in [-0.39, 0.29) is 6.04 Å². The molecule has 1 aromatic carbocycles. The van der Waals surface area contributed by atoms with Gasteiger partial charge in [0.15, 0.2) is 11.6 Å². The van der Waals surface area contributed by atoms with Crippen molar-refractivity contribution in [3.05, 3.63) is 35.4 Å². The molecule has 1 saturated carbocycles. The van der Waals surface area contributed by atoms with Crippen molar-refractivity contribution in [2.75, 3.05) is 7.05 Å². The maximum absolute atomic E-state index is 13.7. The van der Waals surface area contributed by atoms with Gasteiger partial charge in [0.2, 0.25) is 0 Å². The summed E-state index contributed by atoms with van der Waals surface area (Å²) in [7, 11) is 1.92. The van der Waals surface area contributed by atoms with Crippen LogP contribution in [0.2, 0.25) is 0 Å². The molecule has 0 bridgehead atoms. The third-order valence-corrected chi connectivity index (χ3v) is 4.39. The van der Waals surface area contributed by atoms with Crippen molar-refractivity contribution >= 4 is 0 Å². The van der Waals surface area contributed by atoms with Crippen molar-refractivity contribution in [3.63, 3.8) is 0 Å². The first kappa shape index (κ1) is 14.4. The molecule has 1 aliphatic rings. The molecule has 3 unspecified atom stereocenters. The topological polar surface area (TPSA) is 12.0 Å². The number of halogens is 2.